The van der Waals surface area contributed by atoms with Crippen molar-refractivity contribution in [1.29, 1.82) is 0 Å². The molecular formula is C7H10O3. The van der Waals surface area contributed by atoms with E-state index in [2.05, 4.69) is 4.74 Å². The number of esters is 2. The summed E-state index contributed by atoms with van der Waals surface area (Å²) in [6.07, 6.45) is 1.92. The van der Waals surface area contributed by atoms with Gasteiger partial charge in [0.05, 0.1) is 5.92 Å². The molecule has 56 valence electrons. The Hall–Kier alpha value is -0.860. The largest absolute Gasteiger partial charge is 0.393 e. The van der Waals surface area contributed by atoms with Crippen LogP contribution in [0.2, 0.25) is 0 Å². The summed E-state index contributed by atoms with van der Waals surface area (Å²) in [4.78, 5) is 21.4. The van der Waals surface area contributed by atoms with Gasteiger partial charge in [0.15, 0.2) is 0 Å². The quantitative estimate of drug-likeness (QED) is 0.372. The average Bonchev–Trinajstić information content (AvgIpc) is 1.96. The van der Waals surface area contributed by atoms with Crippen LogP contribution in [0.1, 0.15) is 26.2 Å². The molecule has 1 aliphatic rings. The van der Waals surface area contributed by atoms with Crippen molar-refractivity contribution < 1.29 is 14.3 Å². The summed E-state index contributed by atoms with van der Waals surface area (Å²) in [5.74, 6) is -0.858. The van der Waals surface area contributed by atoms with Crippen molar-refractivity contribution in [2.45, 2.75) is 26.2 Å². The normalized spacial score (nSPS) is 27.5. The SMILES string of the molecule is CC1CCCC(=O)OC1=O. The number of hydrogen-bond acceptors (Lipinski definition) is 3. The number of carbonyl (C=O) groups excluding carboxylic acids is 2. The van der Waals surface area contributed by atoms with Crippen molar-refractivity contribution in [2.24, 2.45) is 5.92 Å². The van der Waals surface area contributed by atoms with E-state index in [0.29, 0.717) is 6.42 Å². The van der Waals surface area contributed by atoms with Crippen molar-refractivity contribution in [3.8, 4) is 0 Å². The summed E-state index contributed by atoms with van der Waals surface area (Å²) >= 11 is 0. The third-order valence-electron chi connectivity index (χ3n) is 1.63. The van der Waals surface area contributed by atoms with Crippen LogP contribution in [0, 0.1) is 5.92 Å². The van der Waals surface area contributed by atoms with Crippen LogP contribution >= 0.6 is 0 Å². The lowest BCUT2D eigenvalue weighted by Gasteiger charge is -2.01. The van der Waals surface area contributed by atoms with Gasteiger partial charge in [0.2, 0.25) is 0 Å². The Kier molecular flexibility index (Phi) is 2.04. The van der Waals surface area contributed by atoms with Crippen LogP contribution in [-0.2, 0) is 14.3 Å². The summed E-state index contributed by atoms with van der Waals surface area (Å²) in [6.45, 7) is 1.78. The maximum absolute atomic E-state index is 10.8. The van der Waals surface area contributed by atoms with E-state index in [4.69, 9.17) is 0 Å². The van der Waals surface area contributed by atoms with Crippen LogP contribution in [0.5, 0.6) is 0 Å². The first-order valence-electron chi connectivity index (χ1n) is 3.44. The first-order valence-corrected chi connectivity index (χ1v) is 3.44. The Morgan fingerprint density at radius 3 is 2.90 bits per heavy atom. The van der Waals surface area contributed by atoms with Crippen molar-refractivity contribution in [3.63, 3.8) is 0 Å². The van der Waals surface area contributed by atoms with Gasteiger partial charge in [-0.3, -0.25) is 9.59 Å². The molecule has 0 amide bonds. The Balaban J connectivity index is 2.57. The fourth-order valence-corrected chi connectivity index (χ4v) is 0.934. The molecule has 10 heavy (non-hydrogen) atoms. The lowest BCUT2D eigenvalue weighted by atomic mass is 10.1. The Morgan fingerprint density at radius 2 is 2.20 bits per heavy atom. The van der Waals surface area contributed by atoms with E-state index in [0.717, 1.165) is 12.8 Å². The fraction of sp³-hybridized carbons (Fsp3) is 0.714. The smallest absolute Gasteiger partial charge is 0.316 e. The molecule has 1 unspecified atom stereocenters. The summed E-state index contributed by atoms with van der Waals surface area (Å²) in [5, 5.41) is 0. The molecule has 1 aliphatic heterocycles. The average molecular weight is 142 g/mol. The van der Waals surface area contributed by atoms with E-state index in [1.807, 2.05) is 0 Å². The van der Waals surface area contributed by atoms with Gasteiger partial charge >= 0.3 is 11.9 Å². The molecule has 0 aromatic rings. The van der Waals surface area contributed by atoms with E-state index in [-0.39, 0.29) is 17.9 Å². The molecule has 3 heteroatoms. The molecule has 0 N–H and O–H groups in total. The van der Waals surface area contributed by atoms with Gasteiger partial charge < -0.3 is 4.74 Å². The third kappa shape index (κ3) is 1.56. The van der Waals surface area contributed by atoms with Gasteiger partial charge in [0, 0.05) is 6.42 Å². The van der Waals surface area contributed by atoms with Crippen LogP contribution < -0.4 is 0 Å². The van der Waals surface area contributed by atoms with E-state index >= 15 is 0 Å². The molecule has 0 radical (unpaired) electrons. The number of carbonyl (C=O) groups is 2. The zero-order chi connectivity index (χ0) is 7.56. The number of ether oxygens (including phenoxy) is 1. The highest BCUT2D eigenvalue weighted by Gasteiger charge is 2.21. The second-order valence-corrected chi connectivity index (χ2v) is 2.59. The van der Waals surface area contributed by atoms with Crippen LogP contribution in [0.4, 0.5) is 0 Å². The molecule has 1 fully saturated rings. The minimum absolute atomic E-state index is 0.105. The van der Waals surface area contributed by atoms with E-state index < -0.39 is 0 Å². The number of cyclic esters (lactones) is 2. The number of hydrogen-bond donors (Lipinski definition) is 0. The third-order valence-corrected chi connectivity index (χ3v) is 1.63. The Labute approximate surface area is 59.4 Å². The highest BCUT2D eigenvalue weighted by atomic mass is 16.6. The second-order valence-electron chi connectivity index (χ2n) is 2.59. The molecule has 0 bridgehead atoms. The molecule has 3 nitrogen and oxygen atoms in total. The molecule has 1 heterocycles. The van der Waals surface area contributed by atoms with Crippen molar-refractivity contribution in [2.75, 3.05) is 0 Å². The second kappa shape index (κ2) is 2.82. The molecular weight excluding hydrogens is 132 g/mol. The van der Waals surface area contributed by atoms with Crippen molar-refractivity contribution in [1.82, 2.24) is 0 Å². The van der Waals surface area contributed by atoms with Gasteiger partial charge in [0.25, 0.3) is 0 Å². The summed E-state index contributed by atoms with van der Waals surface area (Å²) < 4.78 is 4.45. The highest BCUT2D eigenvalue weighted by Crippen LogP contribution is 2.14. The van der Waals surface area contributed by atoms with Crippen LogP contribution in [-0.4, -0.2) is 11.9 Å². The van der Waals surface area contributed by atoms with Crippen molar-refractivity contribution in [3.05, 3.63) is 0 Å². The first-order chi connectivity index (χ1) is 4.70. The topological polar surface area (TPSA) is 43.4 Å². The van der Waals surface area contributed by atoms with Crippen LogP contribution in [0.15, 0.2) is 0 Å². The van der Waals surface area contributed by atoms with E-state index in [1.54, 1.807) is 6.92 Å². The monoisotopic (exact) mass is 142 g/mol. The molecule has 1 rings (SSSR count). The van der Waals surface area contributed by atoms with Gasteiger partial charge in [-0.1, -0.05) is 6.92 Å². The minimum atomic E-state index is -0.380. The molecule has 0 aromatic carbocycles. The van der Waals surface area contributed by atoms with Gasteiger partial charge in [-0.15, -0.1) is 0 Å². The lowest BCUT2D eigenvalue weighted by molar-refractivity contribution is -0.160. The summed E-state index contributed by atoms with van der Waals surface area (Å²) in [5.41, 5.74) is 0. The molecule has 0 spiro atoms. The van der Waals surface area contributed by atoms with Gasteiger partial charge in [0.1, 0.15) is 0 Å². The van der Waals surface area contributed by atoms with E-state index in [1.165, 1.54) is 0 Å². The van der Waals surface area contributed by atoms with Gasteiger partial charge in [-0.25, -0.2) is 0 Å². The summed E-state index contributed by atoms with van der Waals surface area (Å²) in [6, 6.07) is 0. The predicted molar refractivity (Wildman–Crippen MR) is 34.1 cm³/mol. The van der Waals surface area contributed by atoms with Gasteiger partial charge in [-0.2, -0.15) is 0 Å². The highest BCUT2D eigenvalue weighted by molar-refractivity contribution is 5.87. The summed E-state index contributed by atoms with van der Waals surface area (Å²) in [7, 11) is 0. The Bertz CT molecular complexity index is 162. The Morgan fingerprint density at radius 1 is 1.50 bits per heavy atom. The van der Waals surface area contributed by atoms with Crippen LogP contribution in [0.3, 0.4) is 0 Å². The maximum Gasteiger partial charge on any atom is 0.316 e. The molecule has 1 atom stereocenters. The predicted octanol–water partition coefficient (Wildman–Crippen LogP) is 0.876. The minimum Gasteiger partial charge on any atom is -0.393 e. The zero-order valence-corrected chi connectivity index (χ0v) is 5.92. The lowest BCUT2D eigenvalue weighted by Crippen LogP contribution is -2.14. The zero-order valence-electron chi connectivity index (χ0n) is 5.92. The molecule has 0 saturated carbocycles. The van der Waals surface area contributed by atoms with Crippen LogP contribution in [0.25, 0.3) is 0 Å². The van der Waals surface area contributed by atoms with Crippen molar-refractivity contribution >= 4 is 11.9 Å². The maximum atomic E-state index is 10.8. The van der Waals surface area contributed by atoms with Gasteiger partial charge in [-0.05, 0) is 12.8 Å². The van der Waals surface area contributed by atoms with E-state index in [9.17, 15) is 9.59 Å². The molecule has 0 aromatic heterocycles. The number of rotatable bonds is 0. The first kappa shape index (κ1) is 7.25. The standard InChI is InChI=1S/C7H10O3/c1-5-3-2-4-6(8)10-7(5)9/h5H,2-4H2,1H3. The molecule has 1 saturated heterocycles. The fourth-order valence-electron chi connectivity index (χ4n) is 0.934. The molecule has 0 aliphatic carbocycles.